The van der Waals surface area contributed by atoms with Crippen LogP contribution in [0, 0.1) is 11.7 Å². The van der Waals surface area contributed by atoms with Crippen molar-refractivity contribution in [2.75, 3.05) is 33.2 Å². The highest BCUT2D eigenvalue weighted by Gasteiger charge is 2.27. The molecule has 0 bridgehead atoms. The minimum absolute atomic E-state index is 0.0606. The summed E-state index contributed by atoms with van der Waals surface area (Å²) in [6.07, 6.45) is 0.587. The van der Waals surface area contributed by atoms with Crippen LogP contribution in [0.5, 0.6) is 0 Å². The number of halogens is 2. The van der Waals surface area contributed by atoms with Gasteiger partial charge in [0.25, 0.3) is 0 Å². The van der Waals surface area contributed by atoms with E-state index >= 15 is 0 Å². The number of piperidine rings is 1. The lowest BCUT2D eigenvalue weighted by atomic mass is 9.94. The predicted molar refractivity (Wildman–Crippen MR) is 97.8 cm³/mol. The van der Waals surface area contributed by atoms with Gasteiger partial charge in [0.15, 0.2) is 0 Å². The van der Waals surface area contributed by atoms with Crippen LogP contribution < -0.4 is 5.32 Å². The van der Waals surface area contributed by atoms with Gasteiger partial charge >= 0.3 is 6.09 Å². The number of rotatable bonds is 6. The van der Waals surface area contributed by atoms with Gasteiger partial charge in [-0.3, -0.25) is 14.6 Å². The minimum atomic E-state index is -1.08. The van der Waals surface area contributed by atoms with E-state index in [1.807, 2.05) is 6.92 Å². The van der Waals surface area contributed by atoms with Crippen molar-refractivity contribution in [3.8, 4) is 0 Å². The van der Waals surface area contributed by atoms with Gasteiger partial charge < -0.3 is 10.4 Å². The van der Waals surface area contributed by atoms with E-state index in [-0.39, 0.29) is 30.2 Å². The van der Waals surface area contributed by atoms with E-state index in [9.17, 15) is 19.1 Å². The summed E-state index contributed by atoms with van der Waals surface area (Å²) in [5.41, 5.74) is 0.887. The van der Waals surface area contributed by atoms with Crippen molar-refractivity contribution >= 4 is 23.6 Å². The molecule has 0 aromatic heterocycles. The number of carboxylic acid groups (broad SMARTS) is 1. The summed E-state index contributed by atoms with van der Waals surface area (Å²) in [5.74, 6) is -0.457. The lowest BCUT2D eigenvalue weighted by molar-refractivity contribution is -0.121. The van der Waals surface area contributed by atoms with Crippen molar-refractivity contribution < 1.29 is 19.1 Å². The van der Waals surface area contributed by atoms with E-state index in [2.05, 4.69) is 10.2 Å². The average Bonchev–Trinajstić information content (AvgIpc) is 2.61. The monoisotopic (exact) mass is 385 g/mol. The Kier molecular flexibility index (Phi) is 7.23. The van der Waals surface area contributed by atoms with E-state index in [0.717, 1.165) is 31.5 Å². The molecular weight excluding hydrogens is 361 g/mol. The maximum Gasteiger partial charge on any atom is 0.407 e. The Morgan fingerprint density at radius 1 is 1.42 bits per heavy atom. The molecule has 2 amide bonds. The number of amides is 2. The molecule has 0 saturated carbocycles. The normalized spacial score (nSPS) is 16.9. The Labute approximate surface area is 157 Å². The van der Waals surface area contributed by atoms with Crippen molar-refractivity contribution in [2.24, 2.45) is 5.92 Å². The summed E-state index contributed by atoms with van der Waals surface area (Å²) in [6, 6.07) is 4.51. The zero-order valence-corrected chi connectivity index (χ0v) is 15.8. The van der Waals surface area contributed by atoms with Gasteiger partial charge in [-0.05, 0) is 56.5 Å². The topological polar surface area (TPSA) is 72.9 Å². The fraction of sp³-hybridized carbons (Fsp3) is 0.556. The van der Waals surface area contributed by atoms with Crippen molar-refractivity contribution in [1.29, 1.82) is 0 Å². The third kappa shape index (κ3) is 5.32. The van der Waals surface area contributed by atoms with Gasteiger partial charge in [0, 0.05) is 24.7 Å². The van der Waals surface area contributed by atoms with Crippen LogP contribution in [0.2, 0.25) is 5.02 Å². The van der Waals surface area contributed by atoms with Gasteiger partial charge in [0.2, 0.25) is 5.91 Å². The predicted octanol–water partition coefficient (Wildman–Crippen LogP) is 2.98. The quantitative estimate of drug-likeness (QED) is 0.789. The van der Waals surface area contributed by atoms with E-state index in [4.69, 9.17) is 11.6 Å². The number of likely N-dealkylation sites (N-methyl/N-ethyl adjacent to an activating group) is 1. The van der Waals surface area contributed by atoms with Crippen LogP contribution in [0.15, 0.2) is 18.2 Å². The first kappa shape index (κ1) is 20.5. The minimum Gasteiger partial charge on any atom is -0.465 e. The van der Waals surface area contributed by atoms with Crippen LogP contribution in [-0.2, 0) is 4.79 Å². The first-order chi connectivity index (χ1) is 12.3. The van der Waals surface area contributed by atoms with E-state index in [0.29, 0.717) is 11.6 Å². The number of carbonyl (C=O) groups is 2. The standard InChI is InChI=1S/C18H25ClFN3O3/c1-12(15-4-3-14(20)9-16(15)19)22-7-5-13(6-8-22)10-23(18(25)26)11-17(24)21-2/h3-4,9,12-13H,5-8,10-11H2,1-2H3,(H,21,24)(H,25,26). The SMILES string of the molecule is CNC(=O)CN(CC1CCN(C(C)c2ccc(F)cc2Cl)CC1)C(=O)O. The van der Waals surface area contributed by atoms with Crippen LogP contribution in [0.3, 0.4) is 0 Å². The van der Waals surface area contributed by atoms with Crippen molar-refractivity contribution in [2.45, 2.75) is 25.8 Å². The molecule has 1 atom stereocenters. The van der Waals surface area contributed by atoms with Crippen molar-refractivity contribution in [1.82, 2.24) is 15.1 Å². The number of hydrogen-bond acceptors (Lipinski definition) is 3. The number of benzene rings is 1. The molecule has 1 aliphatic heterocycles. The molecule has 26 heavy (non-hydrogen) atoms. The van der Waals surface area contributed by atoms with Gasteiger partial charge in [-0.2, -0.15) is 0 Å². The zero-order valence-electron chi connectivity index (χ0n) is 15.0. The Balaban J connectivity index is 1.91. The third-order valence-electron chi connectivity index (χ3n) is 4.97. The van der Waals surface area contributed by atoms with Crippen molar-refractivity contribution in [3.63, 3.8) is 0 Å². The van der Waals surface area contributed by atoms with Crippen LogP contribution in [-0.4, -0.2) is 60.1 Å². The highest BCUT2D eigenvalue weighted by Crippen LogP contribution is 2.31. The highest BCUT2D eigenvalue weighted by atomic mass is 35.5. The molecule has 144 valence electrons. The molecule has 1 saturated heterocycles. The molecule has 6 nitrogen and oxygen atoms in total. The summed E-state index contributed by atoms with van der Waals surface area (Å²) < 4.78 is 13.2. The van der Waals surface area contributed by atoms with Gasteiger partial charge in [-0.25, -0.2) is 9.18 Å². The number of nitrogens with zero attached hydrogens (tertiary/aromatic N) is 2. The molecular formula is C18H25ClFN3O3. The van der Waals surface area contributed by atoms with E-state index < -0.39 is 6.09 Å². The number of likely N-dealkylation sites (tertiary alicyclic amines) is 1. The smallest absolute Gasteiger partial charge is 0.407 e. The average molecular weight is 386 g/mol. The summed E-state index contributed by atoms with van der Waals surface area (Å²) in [7, 11) is 1.49. The Hall–Kier alpha value is -1.86. The number of carbonyl (C=O) groups excluding carboxylic acids is 1. The molecule has 2 N–H and O–H groups in total. The molecule has 1 heterocycles. The molecule has 0 spiro atoms. The Morgan fingerprint density at radius 2 is 2.08 bits per heavy atom. The molecule has 1 aliphatic rings. The van der Waals surface area contributed by atoms with Gasteiger partial charge in [0.05, 0.1) is 0 Å². The van der Waals surface area contributed by atoms with Crippen LogP contribution in [0.4, 0.5) is 9.18 Å². The summed E-state index contributed by atoms with van der Waals surface area (Å²) in [4.78, 5) is 26.2. The molecule has 0 aliphatic carbocycles. The lowest BCUT2D eigenvalue weighted by Crippen LogP contribution is -2.44. The number of nitrogens with one attached hydrogen (secondary N) is 1. The Bertz CT molecular complexity index is 651. The molecule has 8 heteroatoms. The zero-order chi connectivity index (χ0) is 19.3. The molecule has 1 aromatic carbocycles. The fourth-order valence-corrected chi connectivity index (χ4v) is 3.66. The fourth-order valence-electron chi connectivity index (χ4n) is 3.33. The maximum absolute atomic E-state index is 13.2. The molecule has 2 rings (SSSR count). The van der Waals surface area contributed by atoms with Crippen molar-refractivity contribution in [3.05, 3.63) is 34.6 Å². The Morgan fingerprint density at radius 3 is 2.62 bits per heavy atom. The lowest BCUT2D eigenvalue weighted by Gasteiger charge is -2.37. The summed E-state index contributed by atoms with van der Waals surface area (Å²) in [5, 5.41) is 12.1. The molecule has 0 radical (unpaired) electrons. The van der Waals surface area contributed by atoms with E-state index in [1.54, 1.807) is 6.07 Å². The second kappa shape index (κ2) is 9.19. The second-order valence-electron chi connectivity index (χ2n) is 6.66. The largest absolute Gasteiger partial charge is 0.465 e. The first-order valence-corrected chi connectivity index (χ1v) is 9.07. The van der Waals surface area contributed by atoms with Gasteiger partial charge in [0.1, 0.15) is 12.4 Å². The molecule has 1 aromatic rings. The molecule has 1 unspecified atom stereocenters. The summed E-state index contributed by atoms with van der Waals surface area (Å²) in [6.45, 7) is 3.84. The maximum atomic E-state index is 13.2. The van der Waals surface area contributed by atoms with Crippen LogP contribution >= 0.6 is 11.6 Å². The van der Waals surface area contributed by atoms with E-state index in [1.165, 1.54) is 24.1 Å². The summed E-state index contributed by atoms with van der Waals surface area (Å²) >= 11 is 6.16. The highest BCUT2D eigenvalue weighted by molar-refractivity contribution is 6.31. The third-order valence-corrected chi connectivity index (χ3v) is 5.30. The van der Waals surface area contributed by atoms with Crippen LogP contribution in [0.25, 0.3) is 0 Å². The number of hydrogen-bond donors (Lipinski definition) is 2. The van der Waals surface area contributed by atoms with Gasteiger partial charge in [-0.15, -0.1) is 0 Å². The second-order valence-corrected chi connectivity index (χ2v) is 7.06. The van der Waals surface area contributed by atoms with Crippen LogP contribution in [0.1, 0.15) is 31.4 Å². The van der Waals surface area contributed by atoms with Gasteiger partial charge in [-0.1, -0.05) is 17.7 Å². The molecule has 1 fully saturated rings. The first-order valence-electron chi connectivity index (χ1n) is 8.69.